The number of hydrogen-bond acceptors (Lipinski definition) is 8. The third-order valence-corrected chi connectivity index (χ3v) is 10.2. The average molecular weight is 529 g/mol. The van der Waals surface area contributed by atoms with Gasteiger partial charge in [0, 0.05) is 17.9 Å². The first-order valence-corrected chi connectivity index (χ1v) is 14.0. The van der Waals surface area contributed by atoms with Gasteiger partial charge in [0.15, 0.2) is 11.4 Å². The van der Waals surface area contributed by atoms with Gasteiger partial charge in [0.2, 0.25) is 0 Å². The van der Waals surface area contributed by atoms with E-state index in [1.165, 1.54) is 6.42 Å². The van der Waals surface area contributed by atoms with Crippen LogP contribution >= 0.6 is 0 Å². The topological polar surface area (TPSA) is 118 Å². The van der Waals surface area contributed by atoms with Crippen molar-refractivity contribution in [3.63, 3.8) is 0 Å². The molecule has 0 amide bonds. The summed E-state index contributed by atoms with van der Waals surface area (Å²) in [5, 5.41) is 34.1. The summed E-state index contributed by atoms with van der Waals surface area (Å²) in [5.41, 5.74) is -4.66. The summed E-state index contributed by atoms with van der Waals surface area (Å²) in [6.45, 7) is 11.5. The molecule has 3 aliphatic heterocycles. The van der Waals surface area contributed by atoms with E-state index < -0.39 is 70.9 Å². The zero-order valence-corrected chi connectivity index (χ0v) is 22.7. The number of rotatable bonds is 8. The van der Waals surface area contributed by atoms with Gasteiger partial charge in [-0.05, 0) is 50.2 Å². The van der Waals surface area contributed by atoms with E-state index in [2.05, 4.69) is 19.6 Å². The number of aliphatic hydroxyl groups excluding tert-OH is 2. The molecule has 11 atom stereocenters. The minimum atomic E-state index is -2.21. The van der Waals surface area contributed by atoms with E-state index in [1.54, 1.807) is 19.1 Å². The van der Waals surface area contributed by atoms with E-state index in [-0.39, 0.29) is 5.92 Å². The van der Waals surface area contributed by atoms with Crippen LogP contribution in [0.25, 0.3) is 0 Å². The van der Waals surface area contributed by atoms with Crippen molar-refractivity contribution < 1.29 is 39.1 Å². The van der Waals surface area contributed by atoms with Crippen molar-refractivity contribution in [1.82, 2.24) is 0 Å². The fourth-order valence-electron chi connectivity index (χ4n) is 8.28. The molecule has 5 fully saturated rings. The van der Waals surface area contributed by atoms with Crippen molar-refractivity contribution in [2.75, 3.05) is 6.61 Å². The molecule has 0 spiro atoms. The molecule has 6 aliphatic rings. The molecule has 0 aromatic heterocycles. The Hall–Kier alpha value is -1.65. The Morgan fingerprint density at radius 2 is 1.97 bits per heavy atom. The first-order valence-electron chi connectivity index (χ1n) is 14.0. The zero-order chi connectivity index (χ0) is 27.3. The average Bonchev–Trinajstić information content (AvgIpc) is 3.52. The molecule has 208 valence electrons. The summed E-state index contributed by atoms with van der Waals surface area (Å²) >= 11 is 0. The molecule has 6 rings (SSSR count). The van der Waals surface area contributed by atoms with E-state index in [0.717, 1.165) is 24.8 Å². The molecule has 8 nitrogen and oxygen atoms in total. The fraction of sp³-hybridized carbons (Fsp3) is 0.700. The van der Waals surface area contributed by atoms with Crippen molar-refractivity contribution in [3.05, 3.63) is 48.1 Å². The highest BCUT2D eigenvalue weighted by molar-refractivity contribution is 6.05. The highest BCUT2D eigenvalue weighted by Crippen LogP contribution is 2.72. The van der Waals surface area contributed by atoms with E-state index in [9.17, 15) is 20.1 Å². The standard InChI is InChI=1S/C30H40O8/c1-6-7-8-9-10-11-12-13-28-36-23-21-24-27(16-31,35-24)25(33)29(34)20(14-18(4)22(29)32)30(21,38-28)19(5)15-26(23,37-28)17(2)3/h10-14,19-21,23-25,31,33-34H,2,6-9,15-16H2,1,3-5H3/t19-,20-,21-,23-,24+,25-,26+,27+,28?,29-,30+/m1/s1. The number of unbranched alkanes of at least 4 members (excludes halogenated alkanes) is 3. The molecule has 2 saturated carbocycles. The van der Waals surface area contributed by atoms with Gasteiger partial charge >= 0.3 is 5.97 Å². The maximum Gasteiger partial charge on any atom is 0.306 e. The summed E-state index contributed by atoms with van der Waals surface area (Å²) in [6, 6.07) is 0. The van der Waals surface area contributed by atoms with Gasteiger partial charge in [-0.2, -0.15) is 0 Å². The van der Waals surface area contributed by atoms with Gasteiger partial charge in [-0.1, -0.05) is 57.6 Å². The molecule has 3 saturated heterocycles. The Morgan fingerprint density at radius 3 is 2.66 bits per heavy atom. The smallest absolute Gasteiger partial charge is 0.306 e. The number of epoxide rings is 1. The SMILES string of the molecule is C=C(C)[C@@]12C[C@@H](C)[C@@]34OC(C=CC=CCCCCC)(O[C@@H]1[C@@H]3[C@@H]1O[C@]1(CO)[C@@H](O)[C@]1(O)C(=O)C(C)=C[C@H]14)O2. The predicted octanol–water partition coefficient (Wildman–Crippen LogP) is 2.87. The molecule has 3 aliphatic carbocycles. The molecule has 0 aromatic rings. The molecular weight excluding hydrogens is 488 g/mol. The summed E-state index contributed by atoms with van der Waals surface area (Å²) < 4.78 is 26.3. The largest absolute Gasteiger partial charge is 0.393 e. The van der Waals surface area contributed by atoms with Gasteiger partial charge in [0.05, 0.1) is 12.2 Å². The number of Topliss-reactive ketones (excluding diaryl/α,β-unsaturated/α-hetero) is 1. The van der Waals surface area contributed by atoms with E-state index in [4.69, 9.17) is 18.9 Å². The van der Waals surface area contributed by atoms with Crippen LogP contribution in [0.3, 0.4) is 0 Å². The lowest BCUT2D eigenvalue weighted by Gasteiger charge is -2.59. The zero-order valence-electron chi connectivity index (χ0n) is 22.7. The number of fused-ring (bicyclic) bond motifs is 3. The van der Waals surface area contributed by atoms with Crippen molar-refractivity contribution in [1.29, 1.82) is 0 Å². The second-order valence-corrected chi connectivity index (χ2v) is 12.3. The van der Waals surface area contributed by atoms with Crippen LogP contribution < -0.4 is 0 Å². The minimum Gasteiger partial charge on any atom is -0.393 e. The molecule has 8 heteroatoms. The monoisotopic (exact) mass is 528 g/mol. The summed E-state index contributed by atoms with van der Waals surface area (Å²) in [7, 11) is 0. The van der Waals surface area contributed by atoms with Crippen molar-refractivity contribution >= 4 is 5.78 Å². The molecule has 3 heterocycles. The molecule has 3 N–H and O–H groups in total. The third kappa shape index (κ3) is 3.03. The summed E-state index contributed by atoms with van der Waals surface area (Å²) in [6.07, 6.45) is 11.4. The van der Waals surface area contributed by atoms with Crippen LogP contribution in [-0.4, -0.2) is 74.4 Å². The van der Waals surface area contributed by atoms with Gasteiger partial charge in [0.25, 0.3) is 0 Å². The second kappa shape index (κ2) is 8.43. The van der Waals surface area contributed by atoms with Crippen molar-refractivity contribution in [3.8, 4) is 0 Å². The first-order chi connectivity index (χ1) is 18.0. The normalized spacial score (nSPS) is 52.2. The molecule has 1 unspecified atom stereocenters. The number of allylic oxidation sites excluding steroid dienone is 3. The first kappa shape index (κ1) is 26.6. The fourth-order valence-corrected chi connectivity index (χ4v) is 8.28. The van der Waals surface area contributed by atoms with Crippen LogP contribution in [0.4, 0.5) is 0 Å². The van der Waals surface area contributed by atoms with Gasteiger partial charge in [-0.15, -0.1) is 0 Å². The molecule has 38 heavy (non-hydrogen) atoms. The molecule has 0 radical (unpaired) electrons. The van der Waals surface area contributed by atoms with Crippen LogP contribution in [0.5, 0.6) is 0 Å². The Morgan fingerprint density at radius 1 is 1.21 bits per heavy atom. The highest BCUT2D eigenvalue weighted by atomic mass is 16.9. The predicted molar refractivity (Wildman–Crippen MR) is 138 cm³/mol. The molecule has 0 aromatic carbocycles. The second-order valence-electron chi connectivity index (χ2n) is 12.3. The lowest BCUT2D eigenvalue weighted by atomic mass is 9.54. The Kier molecular flexibility index (Phi) is 5.89. The van der Waals surface area contributed by atoms with E-state index in [1.807, 2.05) is 26.0 Å². The van der Waals surface area contributed by atoms with Crippen LogP contribution in [0.2, 0.25) is 0 Å². The minimum absolute atomic E-state index is 0.235. The number of carbonyl (C=O) groups is 1. The number of aliphatic hydroxyl groups is 3. The number of hydrogen-bond donors (Lipinski definition) is 3. The third-order valence-electron chi connectivity index (χ3n) is 10.2. The Bertz CT molecular complexity index is 1140. The Labute approximate surface area is 224 Å². The number of ketones is 1. The lowest BCUT2D eigenvalue weighted by Crippen LogP contribution is -2.72. The van der Waals surface area contributed by atoms with Crippen LogP contribution in [-0.2, 0) is 23.7 Å². The number of carbonyl (C=O) groups excluding carboxylic acids is 1. The van der Waals surface area contributed by atoms with Gasteiger partial charge in [-0.3, -0.25) is 4.79 Å². The Balaban J connectivity index is 1.48. The van der Waals surface area contributed by atoms with Crippen LogP contribution in [0, 0.1) is 17.8 Å². The quantitative estimate of drug-likeness (QED) is 0.191. The van der Waals surface area contributed by atoms with Crippen LogP contribution in [0.15, 0.2) is 48.1 Å². The van der Waals surface area contributed by atoms with E-state index in [0.29, 0.717) is 12.0 Å². The maximum absolute atomic E-state index is 13.5. The number of ether oxygens (including phenoxy) is 4. The summed E-state index contributed by atoms with van der Waals surface area (Å²) in [5.74, 6) is -3.79. The highest BCUT2D eigenvalue weighted by Gasteiger charge is 2.88. The summed E-state index contributed by atoms with van der Waals surface area (Å²) in [4.78, 5) is 13.5. The van der Waals surface area contributed by atoms with Gasteiger partial charge in [0.1, 0.15) is 29.5 Å². The van der Waals surface area contributed by atoms with E-state index >= 15 is 0 Å². The van der Waals surface area contributed by atoms with Crippen LogP contribution in [0.1, 0.15) is 59.8 Å². The molecular formula is C30H40O8. The maximum atomic E-state index is 13.5. The van der Waals surface area contributed by atoms with Crippen molar-refractivity contribution in [2.24, 2.45) is 17.8 Å². The van der Waals surface area contributed by atoms with Crippen molar-refractivity contribution in [2.45, 2.75) is 106 Å². The van der Waals surface area contributed by atoms with Gasteiger partial charge < -0.3 is 34.3 Å². The lowest BCUT2D eigenvalue weighted by molar-refractivity contribution is -0.406. The van der Waals surface area contributed by atoms with Gasteiger partial charge in [-0.25, -0.2) is 0 Å². The molecule has 3 bridgehead atoms.